The van der Waals surface area contributed by atoms with Crippen molar-refractivity contribution in [2.24, 2.45) is 0 Å². The van der Waals surface area contributed by atoms with Crippen LogP contribution in [-0.4, -0.2) is 9.97 Å². The fraction of sp³-hybridized carbons (Fsp3) is 0. The van der Waals surface area contributed by atoms with Gasteiger partial charge in [-0.2, -0.15) is 4.98 Å². The lowest BCUT2D eigenvalue weighted by atomic mass is 10.1. The molecule has 4 N–H and O–H groups in total. The quantitative estimate of drug-likeness (QED) is 0.820. The Morgan fingerprint density at radius 1 is 1.06 bits per heavy atom. The van der Waals surface area contributed by atoms with Crippen LogP contribution in [-0.2, 0) is 0 Å². The molecule has 0 aliphatic rings. The molecular weight excluding hydrogens is 247 g/mol. The third-order valence-electron chi connectivity index (χ3n) is 2.06. The molecule has 6 heteroatoms. The molecule has 0 aliphatic carbocycles. The molecule has 1 heterocycles. The molecule has 1 aromatic carbocycles. The van der Waals surface area contributed by atoms with Crippen molar-refractivity contribution in [1.82, 2.24) is 9.97 Å². The minimum atomic E-state index is 0.131. The van der Waals surface area contributed by atoms with Gasteiger partial charge >= 0.3 is 0 Å². The smallest absolute Gasteiger partial charge is 0.221 e. The zero-order chi connectivity index (χ0) is 11.7. The van der Waals surface area contributed by atoms with Crippen LogP contribution in [0, 0.1) is 0 Å². The first-order valence-electron chi connectivity index (χ1n) is 4.41. The Morgan fingerprint density at radius 2 is 1.81 bits per heavy atom. The van der Waals surface area contributed by atoms with Gasteiger partial charge in [-0.1, -0.05) is 29.3 Å². The van der Waals surface area contributed by atoms with Crippen molar-refractivity contribution in [2.75, 3.05) is 11.5 Å². The number of nitrogens with zero attached hydrogens (tertiary/aromatic N) is 2. The summed E-state index contributed by atoms with van der Waals surface area (Å²) in [5, 5.41) is 1.05. The Hall–Kier alpha value is -1.52. The molecule has 0 fully saturated rings. The normalized spacial score (nSPS) is 10.4. The summed E-state index contributed by atoms with van der Waals surface area (Å²) in [5.41, 5.74) is 12.5. The lowest BCUT2D eigenvalue weighted by Gasteiger charge is -2.07. The number of hydrogen-bond donors (Lipinski definition) is 2. The van der Waals surface area contributed by atoms with Gasteiger partial charge in [0, 0.05) is 22.3 Å². The lowest BCUT2D eigenvalue weighted by molar-refractivity contribution is 1.20. The van der Waals surface area contributed by atoms with E-state index in [0.717, 1.165) is 5.56 Å². The topological polar surface area (TPSA) is 77.8 Å². The van der Waals surface area contributed by atoms with E-state index in [0.29, 0.717) is 15.6 Å². The van der Waals surface area contributed by atoms with E-state index in [1.165, 1.54) is 6.20 Å². The summed E-state index contributed by atoms with van der Waals surface area (Å²) in [7, 11) is 0. The van der Waals surface area contributed by atoms with Crippen molar-refractivity contribution in [1.29, 1.82) is 0 Å². The van der Waals surface area contributed by atoms with Gasteiger partial charge in [0.1, 0.15) is 5.82 Å². The molecule has 2 rings (SSSR count). The van der Waals surface area contributed by atoms with Gasteiger partial charge < -0.3 is 11.5 Å². The van der Waals surface area contributed by atoms with Gasteiger partial charge in [-0.15, -0.1) is 0 Å². The molecule has 0 bridgehead atoms. The van der Waals surface area contributed by atoms with Crippen molar-refractivity contribution in [3.63, 3.8) is 0 Å². The summed E-state index contributed by atoms with van der Waals surface area (Å²) in [5.74, 6) is 0.419. The summed E-state index contributed by atoms with van der Waals surface area (Å²) in [6.07, 6.45) is 1.53. The molecule has 2 aromatic rings. The van der Waals surface area contributed by atoms with Gasteiger partial charge in [-0.25, -0.2) is 4.98 Å². The zero-order valence-corrected chi connectivity index (χ0v) is 9.63. The predicted octanol–water partition coefficient (Wildman–Crippen LogP) is 2.61. The van der Waals surface area contributed by atoms with E-state index in [1.54, 1.807) is 18.2 Å². The summed E-state index contributed by atoms with van der Waals surface area (Å²) in [6, 6.07) is 5.11. The largest absolute Gasteiger partial charge is 0.383 e. The van der Waals surface area contributed by atoms with Crippen LogP contribution < -0.4 is 11.5 Å². The van der Waals surface area contributed by atoms with E-state index in [9.17, 15) is 0 Å². The molecule has 0 amide bonds. The van der Waals surface area contributed by atoms with Crippen molar-refractivity contribution >= 4 is 35.0 Å². The molecular formula is C10H8Cl2N4. The van der Waals surface area contributed by atoms with Crippen LogP contribution >= 0.6 is 23.2 Å². The second-order valence-electron chi connectivity index (χ2n) is 3.15. The maximum atomic E-state index is 6.05. The number of halogens is 2. The van der Waals surface area contributed by atoms with E-state index < -0.39 is 0 Å². The molecule has 1 aromatic heterocycles. The molecule has 0 saturated carbocycles. The van der Waals surface area contributed by atoms with Crippen molar-refractivity contribution in [2.45, 2.75) is 0 Å². The van der Waals surface area contributed by atoms with Crippen LogP contribution in [0.25, 0.3) is 11.1 Å². The molecule has 82 valence electrons. The third kappa shape index (κ3) is 2.03. The van der Waals surface area contributed by atoms with Crippen molar-refractivity contribution in [3.05, 3.63) is 34.4 Å². The van der Waals surface area contributed by atoms with Gasteiger partial charge in [0.25, 0.3) is 0 Å². The van der Waals surface area contributed by atoms with Crippen molar-refractivity contribution in [3.8, 4) is 11.1 Å². The number of benzene rings is 1. The minimum Gasteiger partial charge on any atom is -0.383 e. The first-order chi connectivity index (χ1) is 7.58. The van der Waals surface area contributed by atoms with Gasteiger partial charge in [0.05, 0.1) is 5.02 Å². The van der Waals surface area contributed by atoms with Crippen LogP contribution in [0.3, 0.4) is 0 Å². The van der Waals surface area contributed by atoms with Crippen LogP contribution in [0.5, 0.6) is 0 Å². The van der Waals surface area contributed by atoms with E-state index >= 15 is 0 Å². The predicted molar refractivity (Wildman–Crippen MR) is 66.3 cm³/mol. The molecule has 16 heavy (non-hydrogen) atoms. The fourth-order valence-electron chi connectivity index (χ4n) is 1.32. The maximum absolute atomic E-state index is 6.05. The summed E-state index contributed by atoms with van der Waals surface area (Å²) < 4.78 is 0. The number of rotatable bonds is 1. The monoisotopic (exact) mass is 254 g/mol. The Balaban J connectivity index is 2.59. The molecule has 0 atom stereocenters. The van der Waals surface area contributed by atoms with Crippen LogP contribution in [0.15, 0.2) is 24.4 Å². The summed E-state index contributed by atoms with van der Waals surface area (Å²) in [6.45, 7) is 0. The Bertz CT molecular complexity index is 493. The number of anilines is 2. The van der Waals surface area contributed by atoms with Gasteiger partial charge in [-0.3, -0.25) is 0 Å². The third-order valence-corrected chi connectivity index (χ3v) is 2.61. The fourth-order valence-corrected chi connectivity index (χ4v) is 1.84. The Labute approximate surface area is 102 Å². The average molecular weight is 255 g/mol. The highest BCUT2D eigenvalue weighted by atomic mass is 35.5. The lowest BCUT2D eigenvalue weighted by Crippen LogP contribution is -2.01. The molecule has 0 radical (unpaired) electrons. The standard InChI is InChI=1S/C10H8Cl2N4/c11-5-1-2-6(8(12)3-5)7-4-15-10(14)16-9(7)13/h1-4H,(H4,13,14,15,16). The molecule has 0 unspecified atom stereocenters. The number of hydrogen-bond acceptors (Lipinski definition) is 4. The second kappa shape index (κ2) is 4.15. The SMILES string of the molecule is Nc1ncc(-c2ccc(Cl)cc2Cl)c(N)n1. The minimum absolute atomic E-state index is 0.131. The summed E-state index contributed by atoms with van der Waals surface area (Å²) in [4.78, 5) is 7.74. The first-order valence-corrected chi connectivity index (χ1v) is 5.17. The van der Waals surface area contributed by atoms with Gasteiger partial charge in [0.2, 0.25) is 5.95 Å². The second-order valence-corrected chi connectivity index (χ2v) is 3.99. The average Bonchev–Trinajstić information content (AvgIpc) is 2.19. The molecule has 4 nitrogen and oxygen atoms in total. The summed E-state index contributed by atoms with van der Waals surface area (Å²) >= 11 is 11.9. The Kier molecular flexibility index (Phi) is 2.85. The highest BCUT2D eigenvalue weighted by molar-refractivity contribution is 6.36. The van der Waals surface area contributed by atoms with Crippen molar-refractivity contribution < 1.29 is 0 Å². The van der Waals surface area contributed by atoms with E-state index in [1.807, 2.05) is 0 Å². The zero-order valence-electron chi connectivity index (χ0n) is 8.11. The maximum Gasteiger partial charge on any atom is 0.221 e. The van der Waals surface area contributed by atoms with Crippen LogP contribution in [0.4, 0.5) is 11.8 Å². The van der Waals surface area contributed by atoms with E-state index in [-0.39, 0.29) is 11.8 Å². The highest BCUT2D eigenvalue weighted by Gasteiger charge is 2.09. The van der Waals surface area contributed by atoms with E-state index in [4.69, 9.17) is 34.7 Å². The van der Waals surface area contributed by atoms with E-state index in [2.05, 4.69) is 9.97 Å². The number of aromatic nitrogens is 2. The highest BCUT2D eigenvalue weighted by Crippen LogP contribution is 2.32. The van der Waals surface area contributed by atoms with Crippen LogP contribution in [0.2, 0.25) is 10.0 Å². The molecule has 0 aliphatic heterocycles. The first kappa shape index (κ1) is 11.0. The number of nitrogens with two attached hydrogens (primary N) is 2. The molecule has 0 saturated heterocycles. The molecule has 0 spiro atoms. The van der Waals surface area contributed by atoms with Crippen LogP contribution in [0.1, 0.15) is 0 Å². The number of nitrogen functional groups attached to an aromatic ring is 2. The Morgan fingerprint density at radius 3 is 2.44 bits per heavy atom. The van der Waals surface area contributed by atoms with Gasteiger partial charge in [-0.05, 0) is 12.1 Å². The van der Waals surface area contributed by atoms with Gasteiger partial charge in [0.15, 0.2) is 0 Å².